The van der Waals surface area contributed by atoms with Crippen LogP contribution in [-0.2, 0) is 11.0 Å². The van der Waals surface area contributed by atoms with E-state index in [1.165, 1.54) is 15.5 Å². The summed E-state index contributed by atoms with van der Waals surface area (Å²) in [7, 11) is 0. The molecule has 0 aromatic carbocycles. The van der Waals surface area contributed by atoms with E-state index in [0.717, 1.165) is 25.3 Å². The smallest absolute Gasteiger partial charge is 0.295 e. The van der Waals surface area contributed by atoms with Crippen LogP contribution in [0.15, 0.2) is 12.1 Å². The maximum absolute atomic E-state index is 13.3. The van der Waals surface area contributed by atoms with Crippen molar-refractivity contribution >= 4 is 23.0 Å². The number of halogens is 5. The van der Waals surface area contributed by atoms with Gasteiger partial charge in [0.15, 0.2) is 5.65 Å². The van der Waals surface area contributed by atoms with E-state index in [1.807, 2.05) is 0 Å². The van der Waals surface area contributed by atoms with Gasteiger partial charge in [-0.2, -0.15) is 13.2 Å². The van der Waals surface area contributed by atoms with Crippen LogP contribution in [0.3, 0.4) is 0 Å². The Bertz CT molecular complexity index is 905. The van der Waals surface area contributed by atoms with Crippen LogP contribution in [0, 0.1) is 0 Å². The molecule has 11 heteroatoms. The van der Waals surface area contributed by atoms with E-state index < -0.39 is 30.2 Å². The summed E-state index contributed by atoms with van der Waals surface area (Å²) in [6, 6.07) is 1.96. The second-order valence-corrected chi connectivity index (χ2v) is 7.29. The second kappa shape index (κ2) is 6.64. The van der Waals surface area contributed by atoms with Crippen molar-refractivity contribution in [3.8, 4) is 0 Å². The predicted molar refractivity (Wildman–Crippen MR) is 90.1 cm³/mol. The Hall–Kier alpha value is -2.30. The number of hydrogen-bond acceptors (Lipinski definition) is 4. The molecule has 1 aliphatic heterocycles. The van der Waals surface area contributed by atoms with Gasteiger partial charge in [-0.25, -0.2) is 18.7 Å². The van der Waals surface area contributed by atoms with Gasteiger partial charge in [-0.05, 0) is 31.4 Å². The van der Waals surface area contributed by atoms with Gasteiger partial charge in [-0.15, -0.1) is 0 Å². The second-order valence-electron chi connectivity index (χ2n) is 7.29. The zero-order valence-corrected chi connectivity index (χ0v) is 14.8. The van der Waals surface area contributed by atoms with E-state index in [-0.39, 0.29) is 42.7 Å². The maximum atomic E-state index is 13.3. The van der Waals surface area contributed by atoms with Gasteiger partial charge in [-0.1, -0.05) is 0 Å². The lowest BCUT2D eigenvalue weighted by molar-refractivity contribution is -0.141. The lowest BCUT2D eigenvalue weighted by Gasteiger charge is -2.28. The lowest BCUT2D eigenvalue weighted by atomic mass is 9.93. The van der Waals surface area contributed by atoms with Crippen molar-refractivity contribution in [1.29, 1.82) is 0 Å². The lowest BCUT2D eigenvalue weighted by Crippen LogP contribution is -2.34. The van der Waals surface area contributed by atoms with Crippen LogP contribution in [0.4, 0.5) is 27.9 Å². The number of imidazole rings is 1. The Morgan fingerprint density at radius 3 is 2.57 bits per heavy atom. The molecule has 1 N–H and O–H groups in total. The Kier molecular flexibility index (Phi) is 4.52. The normalized spacial score (nSPS) is 20.5. The topological polar surface area (TPSA) is 63.1 Å². The highest BCUT2D eigenvalue weighted by atomic mass is 19.4. The van der Waals surface area contributed by atoms with Crippen LogP contribution in [0.2, 0.25) is 0 Å². The first-order valence-corrected chi connectivity index (χ1v) is 8.99. The number of hydrogen-bond donors (Lipinski definition) is 1. The fourth-order valence-electron chi connectivity index (χ4n) is 3.52. The summed E-state index contributed by atoms with van der Waals surface area (Å²) in [4.78, 5) is 21.6. The number of aromatic nitrogens is 3. The quantitative estimate of drug-likeness (QED) is 0.795. The predicted octanol–water partition coefficient (Wildman–Crippen LogP) is 3.45. The molecule has 28 heavy (non-hydrogen) atoms. The highest BCUT2D eigenvalue weighted by Gasteiger charge is 2.39. The van der Waals surface area contributed by atoms with Crippen molar-refractivity contribution in [2.45, 2.75) is 43.8 Å². The van der Waals surface area contributed by atoms with Gasteiger partial charge in [0.1, 0.15) is 11.2 Å². The van der Waals surface area contributed by atoms with Gasteiger partial charge >= 0.3 is 6.18 Å². The van der Waals surface area contributed by atoms with Crippen LogP contribution in [0.25, 0.3) is 11.2 Å². The number of carbonyl (C=O) groups excluding carboxylic acids is 1. The Morgan fingerprint density at radius 2 is 2.00 bits per heavy atom. The Labute approximate surface area is 156 Å². The maximum Gasteiger partial charge on any atom is 0.433 e. The van der Waals surface area contributed by atoms with Crippen LogP contribution >= 0.6 is 0 Å². The highest BCUT2D eigenvalue weighted by molar-refractivity contribution is 5.92. The molecule has 3 heterocycles. The molecule has 152 valence electrons. The van der Waals surface area contributed by atoms with E-state index in [9.17, 15) is 26.7 Å². The van der Waals surface area contributed by atoms with Crippen molar-refractivity contribution in [2.75, 3.05) is 25.0 Å². The minimum absolute atomic E-state index is 0.0579. The average Bonchev–Trinajstić information content (AvgIpc) is 3.04. The number of likely N-dealkylation sites (tertiary alicyclic amines) is 1. The molecule has 2 aromatic rings. The first-order valence-electron chi connectivity index (χ1n) is 8.99. The number of carbonyl (C=O) groups is 1. The molecule has 1 saturated carbocycles. The number of rotatable bonds is 4. The fourth-order valence-corrected chi connectivity index (χ4v) is 3.52. The first-order chi connectivity index (χ1) is 13.1. The molecule has 0 atom stereocenters. The number of alkyl halides is 5. The molecular weight excluding hydrogens is 385 g/mol. The minimum atomic E-state index is -4.59. The number of anilines is 1. The standard InChI is InChI=1S/C17H18F5N5O/c18-16(19)6-7-26(9-16)8-13(28)25-15-23-11-4-5-12(17(20,21)22)24-14(11)27(15)10-2-1-3-10/h4-5,10H,1-3,6-9H2,(H,23,25,28). The molecule has 1 aliphatic carbocycles. The summed E-state index contributed by atoms with van der Waals surface area (Å²) < 4.78 is 67.1. The number of fused-ring (bicyclic) bond motifs is 1. The van der Waals surface area contributed by atoms with Crippen molar-refractivity contribution in [3.63, 3.8) is 0 Å². The zero-order valence-electron chi connectivity index (χ0n) is 14.8. The highest BCUT2D eigenvalue weighted by Crippen LogP contribution is 2.38. The van der Waals surface area contributed by atoms with Gasteiger partial charge in [0, 0.05) is 19.0 Å². The van der Waals surface area contributed by atoms with Gasteiger partial charge < -0.3 is 0 Å². The van der Waals surface area contributed by atoms with E-state index in [4.69, 9.17) is 0 Å². The largest absolute Gasteiger partial charge is 0.433 e. The van der Waals surface area contributed by atoms with Crippen LogP contribution in [-0.4, -0.2) is 50.9 Å². The molecule has 2 fully saturated rings. The van der Waals surface area contributed by atoms with Crippen molar-refractivity contribution in [1.82, 2.24) is 19.4 Å². The molecule has 0 unspecified atom stereocenters. The number of pyridine rings is 1. The third-order valence-corrected chi connectivity index (χ3v) is 5.13. The minimum Gasteiger partial charge on any atom is -0.295 e. The van der Waals surface area contributed by atoms with Crippen LogP contribution in [0.5, 0.6) is 0 Å². The summed E-state index contributed by atoms with van der Waals surface area (Å²) in [6.45, 7) is -0.614. The Balaban J connectivity index is 1.60. The van der Waals surface area contributed by atoms with E-state index >= 15 is 0 Å². The Morgan fingerprint density at radius 1 is 1.25 bits per heavy atom. The van der Waals surface area contributed by atoms with Gasteiger partial charge in [0.25, 0.3) is 5.92 Å². The summed E-state index contributed by atoms with van der Waals surface area (Å²) in [5.41, 5.74) is -0.733. The monoisotopic (exact) mass is 403 g/mol. The summed E-state index contributed by atoms with van der Waals surface area (Å²) >= 11 is 0. The molecule has 4 rings (SSSR count). The molecule has 0 radical (unpaired) electrons. The zero-order chi connectivity index (χ0) is 20.1. The average molecular weight is 403 g/mol. The number of nitrogens with one attached hydrogen (secondary N) is 1. The van der Waals surface area contributed by atoms with Crippen LogP contribution in [0.1, 0.15) is 37.4 Å². The van der Waals surface area contributed by atoms with Crippen molar-refractivity contribution < 1.29 is 26.7 Å². The van der Waals surface area contributed by atoms with Gasteiger partial charge in [0.05, 0.1) is 13.1 Å². The third kappa shape index (κ3) is 3.67. The number of nitrogens with zero attached hydrogens (tertiary/aromatic N) is 4. The molecule has 1 amide bonds. The van der Waals surface area contributed by atoms with E-state index in [0.29, 0.717) is 0 Å². The third-order valence-electron chi connectivity index (χ3n) is 5.13. The first kappa shape index (κ1) is 19.0. The van der Waals surface area contributed by atoms with Crippen LogP contribution < -0.4 is 5.32 Å². The summed E-state index contributed by atoms with van der Waals surface area (Å²) in [5, 5.41) is 2.57. The molecule has 2 aliphatic rings. The number of amides is 1. The fraction of sp³-hybridized carbons (Fsp3) is 0.588. The van der Waals surface area contributed by atoms with E-state index in [2.05, 4.69) is 15.3 Å². The molecule has 1 saturated heterocycles. The SMILES string of the molecule is O=C(CN1CCC(F)(F)C1)Nc1nc2ccc(C(F)(F)F)nc2n1C1CCC1. The molecule has 6 nitrogen and oxygen atoms in total. The molecule has 0 bridgehead atoms. The van der Waals surface area contributed by atoms with Gasteiger partial charge in [0.2, 0.25) is 11.9 Å². The summed E-state index contributed by atoms with van der Waals surface area (Å²) in [6.07, 6.45) is -2.49. The van der Waals surface area contributed by atoms with E-state index in [1.54, 1.807) is 0 Å². The van der Waals surface area contributed by atoms with Crippen molar-refractivity contribution in [2.24, 2.45) is 0 Å². The molecule has 2 aromatic heterocycles. The molecule has 0 spiro atoms. The van der Waals surface area contributed by atoms with Gasteiger partial charge in [-0.3, -0.25) is 19.6 Å². The van der Waals surface area contributed by atoms with Crippen molar-refractivity contribution in [3.05, 3.63) is 17.8 Å². The summed E-state index contributed by atoms with van der Waals surface area (Å²) in [5.74, 6) is -3.25. The molecular formula is C17H18F5N5O.